The predicted molar refractivity (Wildman–Crippen MR) is 195 cm³/mol. The summed E-state index contributed by atoms with van der Waals surface area (Å²) in [6.07, 6.45) is 7.34. The van der Waals surface area contributed by atoms with Crippen molar-refractivity contribution in [1.82, 2.24) is 24.6 Å². The molecular formula is C40H46F4N6O4. The number of halogens is 4. The summed E-state index contributed by atoms with van der Waals surface area (Å²) in [6, 6.07) is 10.1. The van der Waals surface area contributed by atoms with Gasteiger partial charge in [-0.05, 0) is 101 Å². The van der Waals surface area contributed by atoms with Crippen molar-refractivity contribution in [3.05, 3.63) is 88.9 Å². The van der Waals surface area contributed by atoms with E-state index in [1.54, 1.807) is 12.3 Å². The number of benzene rings is 1. The van der Waals surface area contributed by atoms with E-state index in [4.69, 9.17) is 9.72 Å². The zero-order chi connectivity index (χ0) is 38.6. The third kappa shape index (κ3) is 9.44. The summed E-state index contributed by atoms with van der Waals surface area (Å²) in [5.41, 5.74) is 2.00. The zero-order valence-corrected chi connectivity index (χ0v) is 30.7. The Morgan fingerprint density at radius 3 is 2.35 bits per heavy atom. The number of piperidine rings is 2. The van der Waals surface area contributed by atoms with Crippen LogP contribution in [0.15, 0.2) is 54.9 Å². The Hall–Kier alpha value is -4.85. The number of alkyl halides is 3. The maximum Gasteiger partial charge on any atom is 0.433 e. The van der Waals surface area contributed by atoms with Gasteiger partial charge in [0.15, 0.2) is 0 Å². The van der Waals surface area contributed by atoms with Gasteiger partial charge in [-0.3, -0.25) is 19.7 Å². The molecule has 4 aromatic rings. The van der Waals surface area contributed by atoms with Gasteiger partial charge in [0.1, 0.15) is 34.3 Å². The molecule has 5 heterocycles. The van der Waals surface area contributed by atoms with Crippen molar-refractivity contribution in [2.45, 2.75) is 102 Å². The molecule has 1 unspecified atom stereocenters. The van der Waals surface area contributed by atoms with Crippen molar-refractivity contribution in [3.8, 4) is 5.75 Å². The van der Waals surface area contributed by atoms with Crippen LogP contribution in [0.4, 0.5) is 23.2 Å². The summed E-state index contributed by atoms with van der Waals surface area (Å²) in [4.78, 5) is 46.2. The van der Waals surface area contributed by atoms with E-state index in [0.29, 0.717) is 41.4 Å². The largest absolute Gasteiger partial charge is 0.489 e. The molecule has 14 heteroatoms. The van der Waals surface area contributed by atoms with Gasteiger partial charge in [0.25, 0.3) is 5.91 Å². The highest BCUT2D eigenvalue weighted by Crippen LogP contribution is 2.35. The second-order valence-corrected chi connectivity index (χ2v) is 14.7. The van der Waals surface area contributed by atoms with Crippen molar-refractivity contribution in [3.63, 3.8) is 0 Å². The topological polar surface area (TPSA) is 118 Å². The van der Waals surface area contributed by atoms with Gasteiger partial charge in [0, 0.05) is 30.8 Å². The fourth-order valence-electron chi connectivity index (χ4n) is 7.40. The number of ether oxygens (including phenoxy) is 1. The normalized spacial score (nSPS) is 19.0. The summed E-state index contributed by atoms with van der Waals surface area (Å²) in [5.74, 6) is -0.898. The van der Waals surface area contributed by atoms with E-state index in [2.05, 4.69) is 27.6 Å². The molecule has 3 aromatic heterocycles. The minimum Gasteiger partial charge on any atom is -0.489 e. The average Bonchev–Trinajstić information content (AvgIpc) is 3.55. The maximum atomic E-state index is 14.5. The molecule has 288 valence electrons. The summed E-state index contributed by atoms with van der Waals surface area (Å²) >= 11 is 0. The molecule has 1 saturated carbocycles. The first-order valence-electron chi connectivity index (χ1n) is 18.6. The highest BCUT2D eigenvalue weighted by Gasteiger charge is 2.33. The first kappa shape index (κ1) is 38.9. The number of imide groups is 1. The van der Waals surface area contributed by atoms with Crippen LogP contribution in [0.5, 0.6) is 5.75 Å². The van der Waals surface area contributed by atoms with E-state index in [-0.39, 0.29) is 35.3 Å². The molecule has 0 radical (unpaired) electrons. The Labute approximate surface area is 311 Å². The third-order valence-corrected chi connectivity index (χ3v) is 10.3. The number of aromatic nitrogens is 3. The number of anilines is 1. The molecule has 3 fully saturated rings. The number of fused-ring (bicyclic) bond motifs is 1. The van der Waals surface area contributed by atoms with E-state index < -0.39 is 23.7 Å². The molecule has 2 saturated heterocycles. The minimum absolute atomic E-state index is 0.174. The van der Waals surface area contributed by atoms with Crippen LogP contribution in [0.25, 0.3) is 5.65 Å². The second-order valence-electron chi connectivity index (χ2n) is 14.7. The number of pyridine rings is 2. The molecule has 10 nitrogen and oxygen atoms in total. The van der Waals surface area contributed by atoms with Crippen LogP contribution in [0.3, 0.4) is 0 Å². The zero-order valence-electron chi connectivity index (χ0n) is 30.7. The van der Waals surface area contributed by atoms with Gasteiger partial charge in [-0.25, -0.2) is 14.4 Å². The number of imidazole rings is 1. The lowest BCUT2D eigenvalue weighted by Crippen LogP contribution is -2.39. The molecule has 0 spiro atoms. The minimum atomic E-state index is -4.63. The van der Waals surface area contributed by atoms with Crippen molar-refractivity contribution < 1.29 is 36.7 Å². The maximum absolute atomic E-state index is 14.5. The van der Waals surface area contributed by atoms with Crippen molar-refractivity contribution >= 4 is 29.1 Å². The molecule has 1 aromatic carbocycles. The number of likely N-dealkylation sites (tertiary alicyclic amines) is 1. The number of nitrogens with zero attached hydrogens (tertiary/aromatic N) is 4. The van der Waals surface area contributed by atoms with E-state index >= 15 is 0 Å². The van der Waals surface area contributed by atoms with Crippen LogP contribution in [-0.2, 0) is 15.8 Å². The molecular weight excluding hydrogens is 704 g/mol. The van der Waals surface area contributed by atoms with Crippen molar-refractivity contribution in [2.75, 3.05) is 25.5 Å². The van der Waals surface area contributed by atoms with E-state index in [0.717, 1.165) is 62.2 Å². The van der Waals surface area contributed by atoms with E-state index in [9.17, 15) is 31.9 Å². The molecule has 0 bridgehead atoms. The molecule has 1 atom stereocenters. The first-order valence-corrected chi connectivity index (χ1v) is 18.6. The Bertz CT molecular complexity index is 1980. The molecule has 2 aliphatic heterocycles. The lowest BCUT2D eigenvalue weighted by atomic mass is 9.85. The lowest BCUT2D eigenvalue weighted by molar-refractivity contribution is -0.141. The number of amides is 3. The van der Waals surface area contributed by atoms with Crippen LogP contribution in [-0.4, -0.2) is 63.2 Å². The van der Waals surface area contributed by atoms with Crippen molar-refractivity contribution in [1.29, 1.82) is 0 Å². The summed E-state index contributed by atoms with van der Waals surface area (Å²) in [7, 11) is 2.08. The number of carbonyl (C=O) groups is 3. The van der Waals surface area contributed by atoms with Gasteiger partial charge in [-0.15, -0.1) is 0 Å². The van der Waals surface area contributed by atoms with Crippen LogP contribution in [0, 0.1) is 5.82 Å². The quantitative estimate of drug-likeness (QED) is 0.145. The van der Waals surface area contributed by atoms with Crippen LogP contribution < -0.4 is 15.4 Å². The molecule has 54 heavy (non-hydrogen) atoms. The number of nitrogens with one attached hydrogen (secondary N) is 2. The SMILES string of the molecule is CC(C)Oc1cc2nc(C3CCCCC3)cn2cc1NC(=O)c1cccc(C(F)(F)F)n1.CN1CCC(c2ccc(C3CCC(=O)NC3=O)cc2F)CC1. The summed E-state index contributed by atoms with van der Waals surface area (Å²) in [5, 5.41) is 4.97. The van der Waals surface area contributed by atoms with Gasteiger partial charge in [-0.1, -0.05) is 37.5 Å². The monoisotopic (exact) mass is 750 g/mol. The number of hydrogen-bond acceptors (Lipinski definition) is 7. The van der Waals surface area contributed by atoms with E-state index in [1.165, 1.54) is 31.4 Å². The average molecular weight is 751 g/mol. The summed E-state index contributed by atoms with van der Waals surface area (Å²) < 4.78 is 61.1. The molecule has 7 rings (SSSR count). The van der Waals surface area contributed by atoms with Crippen LogP contribution >= 0.6 is 0 Å². The lowest BCUT2D eigenvalue weighted by Gasteiger charge is -2.29. The van der Waals surface area contributed by atoms with Crippen LogP contribution in [0.2, 0.25) is 0 Å². The number of hydrogen-bond donors (Lipinski definition) is 2. The highest BCUT2D eigenvalue weighted by atomic mass is 19.4. The Balaban J connectivity index is 0.000000197. The molecule has 3 amide bonds. The van der Waals surface area contributed by atoms with Gasteiger partial charge < -0.3 is 19.4 Å². The standard InChI is InChI=1S/C23H25F3N4O2.C17H21FN2O2/c1-14(2)32-19-11-21-28-17(15-7-4-3-5-8-15)12-30(21)13-18(19)29-22(31)16-9-6-10-20(27-16)23(24,25)26;1-20-8-6-11(7-9-20)13-3-2-12(10-15(13)18)14-4-5-16(21)19-17(14)22/h6,9-15H,3-5,7-8H2,1-2H3,(H,29,31);2-3,10-11,14H,4-9H2,1H3,(H,19,21,22). The van der Waals surface area contributed by atoms with Crippen LogP contribution in [0.1, 0.15) is 122 Å². The smallest absolute Gasteiger partial charge is 0.433 e. The van der Waals surface area contributed by atoms with E-state index in [1.807, 2.05) is 36.6 Å². The number of rotatable bonds is 7. The highest BCUT2D eigenvalue weighted by molar-refractivity contribution is 6.03. The van der Waals surface area contributed by atoms with Crippen molar-refractivity contribution in [2.24, 2.45) is 0 Å². The fraction of sp³-hybridized carbons (Fsp3) is 0.475. The Morgan fingerprint density at radius 1 is 0.944 bits per heavy atom. The van der Waals surface area contributed by atoms with Gasteiger partial charge in [0.2, 0.25) is 11.8 Å². The first-order chi connectivity index (χ1) is 25.7. The number of carbonyl (C=O) groups excluding carboxylic acids is 3. The predicted octanol–water partition coefficient (Wildman–Crippen LogP) is 7.99. The van der Waals surface area contributed by atoms with Gasteiger partial charge in [-0.2, -0.15) is 13.2 Å². The fourth-order valence-corrected chi connectivity index (χ4v) is 7.40. The second kappa shape index (κ2) is 16.7. The molecule has 3 aliphatic rings. The van der Waals surface area contributed by atoms with Gasteiger partial charge >= 0.3 is 6.18 Å². The summed E-state index contributed by atoms with van der Waals surface area (Å²) in [6.45, 7) is 5.67. The third-order valence-electron chi connectivity index (χ3n) is 10.3. The Kier molecular flexibility index (Phi) is 12.0. The molecule has 1 aliphatic carbocycles. The molecule has 2 N–H and O–H groups in total. The Morgan fingerprint density at radius 2 is 1.69 bits per heavy atom. The van der Waals surface area contributed by atoms with Gasteiger partial charge in [0.05, 0.1) is 17.7 Å².